The lowest BCUT2D eigenvalue weighted by Crippen LogP contribution is -2.30. The summed E-state index contributed by atoms with van der Waals surface area (Å²) >= 11 is 1.68. The second kappa shape index (κ2) is 8.28. The third-order valence-electron chi connectivity index (χ3n) is 5.52. The van der Waals surface area contributed by atoms with Gasteiger partial charge in [0.2, 0.25) is 5.91 Å². The Morgan fingerprint density at radius 2 is 1.94 bits per heavy atom. The van der Waals surface area contributed by atoms with E-state index < -0.39 is 5.76 Å². The molecule has 0 fully saturated rings. The molecule has 3 heterocycles. The number of hydrogen-bond donors (Lipinski definition) is 2. The fraction of sp³-hybridized carbons (Fsp3) is 0.167. The molecular weight excluding hydrogens is 410 g/mol. The molecule has 156 valence electrons. The van der Waals surface area contributed by atoms with Crippen LogP contribution in [0.25, 0.3) is 22.0 Å². The largest absolute Gasteiger partial charge is 0.419 e. The Bertz CT molecular complexity index is 1390. The van der Waals surface area contributed by atoms with Crippen LogP contribution in [0.3, 0.4) is 0 Å². The lowest BCUT2D eigenvalue weighted by molar-refractivity contribution is -0.121. The maximum Gasteiger partial charge on any atom is 0.419 e. The number of carbonyl (C=O) groups excluding carboxylic acids is 1. The van der Waals surface area contributed by atoms with E-state index in [1.54, 1.807) is 17.4 Å². The molecule has 0 radical (unpaired) electrons. The van der Waals surface area contributed by atoms with Gasteiger partial charge in [-0.25, -0.2) is 4.79 Å². The van der Waals surface area contributed by atoms with E-state index in [1.165, 1.54) is 9.44 Å². The van der Waals surface area contributed by atoms with Crippen molar-refractivity contribution in [3.63, 3.8) is 0 Å². The molecule has 1 atom stereocenters. The molecule has 5 aromatic rings. The summed E-state index contributed by atoms with van der Waals surface area (Å²) in [7, 11) is 0. The molecule has 5 rings (SSSR count). The molecule has 2 aromatic carbocycles. The predicted octanol–water partition coefficient (Wildman–Crippen LogP) is 4.48. The van der Waals surface area contributed by atoms with Crippen LogP contribution in [-0.2, 0) is 11.3 Å². The number of thiophene rings is 1. The van der Waals surface area contributed by atoms with Crippen molar-refractivity contribution < 1.29 is 9.21 Å². The zero-order chi connectivity index (χ0) is 21.2. The van der Waals surface area contributed by atoms with E-state index in [0.717, 1.165) is 16.5 Å². The zero-order valence-corrected chi connectivity index (χ0v) is 17.5. The first-order chi connectivity index (χ1) is 15.2. The van der Waals surface area contributed by atoms with Crippen molar-refractivity contribution in [1.82, 2.24) is 14.9 Å². The Labute approximate surface area is 182 Å². The van der Waals surface area contributed by atoms with Gasteiger partial charge in [-0.1, -0.05) is 36.4 Å². The zero-order valence-electron chi connectivity index (χ0n) is 16.7. The van der Waals surface area contributed by atoms with E-state index in [0.29, 0.717) is 17.6 Å². The molecule has 0 aliphatic carbocycles. The van der Waals surface area contributed by atoms with Crippen molar-refractivity contribution in [3.05, 3.63) is 93.2 Å². The fourth-order valence-electron chi connectivity index (χ4n) is 3.98. The minimum absolute atomic E-state index is 0.0533. The summed E-state index contributed by atoms with van der Waals surface area (Å²) in [6.07, 6.45) is 2.23. The topological polar surface area (TPSA) is 80.0 Å². The van der Waals surface area contributed by atoms with E-state index in [-0.39, 0.29) is 24.8 Å². The second-order valence-electron chi connectivity index (χ2n) is 7.40. The highest BCUT2D eigenvalue weighted by Gasteiger charge is 2.20. The Morgan fingerprint density at radius 1 is 1.10 bits per heavy atom. The van der Waals surface area contributed by atoms with E-state index in [9.17, 15) is 9.59 Å². The first-order valence-electron chi connectivity index (χ1n) is 10.1. The summed E-state index contributed by atoms with van der Waals surface area (Å²) in [5, 5.41) is 6.27. The minimum atomic E-state index is -0.441. The van der Waals surface area contributed by atoms with Crippen LogP contribution in [0, 0.1) is 0 Å². The Balaban J connectivity index is 1.31. The Kier molecular flexibility index (Phi) is 5.18. The number of aromatic amines is 1. The number of nitrogens with one attached hydrogen (secondary N) is 2. The average Bonchev–Trinajstić information content (AvgIpc) is 3.52. The van der Waals surface area contributed by atoms with Gasteiger partial charge < -0.3 is 14.7 Å². The van der Waals surface area contributed by atoms with Crippen LogP contribution in [0.5, 0.6) is 0 Å². The van der Waals surface area contributed by atoms with Crippen molar-refractivity contribution in [2.24, 2.45) is 0 Å². The number of para-hydroxylation sites is 3. The number of aromatic nitrogens is 2. The summed E-state index contributed by atoms with van der Waals surface area (Å²) in [5.74, 6) is -0.486. The Hall–Kier alpha value is -3.58. The van der Waals surface area contributed by atoms with Crippen molar-refractivity contribution in [2.75, 3.05) is 6.54 Å². The summed E-state index contributed by atoms with van der Waals surface area (Å²) in [4.78, 5) is 29.3. The standard InChI is InChI=1S/C24H21N3O3S/c28-23(11-12-27-20-8-3-4-9-21(20)30-24(27)29)26-15-18(22-10-5-13-31-22)17-14-25-19-7-2-1-6-16(17)19/h1-10,13-14,18,25H,11-12,15H2,(H,26,28). The van der Waals surface area contributed by atoms with Crippen LogP contribution in [-0.4, -0.2) is 22.0 Å². The summed E-state index contributed by atoms with van der Waals surface area (Å²) < 4.78 is 6.75. The number of hydrogen-bond acceptors (Lipinski definition) is 4. The maximum atomic E-state index is 12.6. The molecular formula is C24H21N3O3S. The monoisotopic (exact) mass is 431 g/mol. The number of H-pyrrole nitrogens is 1. The lowest BCUT2D eigenvalue weighted by atomic mass is 9.96. The highest BCUT2D eigenvalue weighted by molar-refractivity contribution is 7.10. The maximum absolute atomic E-state index is 12.6. The molecule has 0 saturated heterocycles. The summed E-state index contributed by atoms with van der Waals surface area (Å²) in [5.41, 5.74) is 3.48. The van der Waals surface area contributed by atoms with E-state index in [4.69, 9.17) is 4.42 Å². The number of amides is 1. The molecule has 0 spiro atoms. The fourth-order valence-corrected chi connectivity index (χ4v) is 4.82. The molecule has 31 heavy (non-hydrogen) atoms. The number of aryl methyl sites for hydroxylation is 1. The molecule has 1 unspecified atom stereocenters. The van der Waals surface area contributed by atoms with Crippen molar-refractivity contribution in [3.8, 4) is 0 Å². The molecule has 7 heteroatoms. The van der Waals surface area contributed by atoms with E-state index in [1.807, 2.05) is 42.6 Å². The SMILES string of the molecule is O=C(CCn1c(=O)oc2ccccc21)NCC(c1cccs1)c1c[nH]c2ccccc12. The number of carbonyl (C=O) groups is 1. The van der Waals surface area contributed by atoms with Gasteiger partial charge in [-0.2, -0.15) is 0 Å². The van der Waals surface area contributed by atoms with Gasteiger partial charge in [0, 0.05) is 47.4 Å². The van der Waals surface area contributed by atoms with Crippen molar-refractivity contribution in [1.29, 1.82) is 0 Å². The molecule has 1 amide bonds. The molecule has 0 aliphatic heterocycles. The van der Waals surface area contributed by atoms with Gasteiger partial charge in [0.05, 0.1) is 5.52 Å². The molecule has 0 saturated carbocycles. The molecule has 0 bridgehead atoms. The van der Waals surface area contributed by atoms with Crippen LogP contribution >= 0.6 is 11.3 Å². The molecule has 3 aromatic heterocycles. The highest BCUT2D eigenvalue weighted by Crippen LogP contribution is 2.32. The first kappa shape index (κ1) is 19.4. The van der Waals surface area contributed by atoms with Gasteiger partial charge in [-0.05, 0) is 35.2 Å². The van der Waals surface area contributed by atoms with Crippen molar-refractivity contribution in [2.45, 2.75) is 18.9 Å². The van der Waals surface area contributed by atoms with Gasteiger partial charge >= 0.3 is 5.76 Å². The lowest BCUT2D eigenvalue weighted by Gasteiger charge is -2.16. The van der Waals surface area contributed by atoms with Crippen LogP contribution in [0.4, 0.5) is 0 Å². The summed E-state index contributed by atoms with van der Waals surface area (Å²) in [6, 6.07) is 19.5. The van der Waals surface area contributed by atoms with Crippen molar-refractivity contribution >= 4 is 39.2 Å². The average molecular weight is 432 g/mol. The second-order valence-corrected chi connectivity index (χ2v) is 8.38. The Morgan fingerprint density at radius 3 is 2.81 bits per heavy atom. The molecule has 0 aliphatic rings. The third-order valence-corrected chi connectivity index (χ3v) is 6.51. The van der Waals surface area contributed by atoms with Gasteiger partial charge in [0.15, 0.2) is 5.58 Å². The van der Waals surface area contributed by atoms with Crippen LogP contribution in [0.1, 0.15) is 22.8 Å². The first-order valence-corrected chi connectivity index (χ1v) is 11.0. The highest BCUT2D eigenvalue weighted by atomic mass is 32.1. The van der Waals surface area contributed by atoms with E-state index in [2.05, 4.69) is 33.9 Å². The summed E-state index contributed by atoms with van der Waals surface area (Å²) in [6.45, 7) is 0.765. The smallest absolute Gasteiger partial charge is 0.408 e. The van der Waals surface area contributed by atoms with Crippen LogP contribution in [0.15, 0.2) is 81.5 Å². The molecule has 2 N–H and O–H groups in total. The normalized spacial score (nSPS) is 12.4. The van der Waals surface area contributed by atoms with Gasteiger partial charge in [-0.3, -0.25) is 9.36 Å². The quantitative estimate of drug-likeness (QED) is 0.399. The van der Waals surface area contributed by atoms with E-state index >= 15 is 0 Å². The van der Waals surface area contributed by atoms with Gasteiger partial charge in [0.1, 0.15) is 0 Å². The number of rotatable bonds is 7. The van der Waals surface area contributed by atoms with Gasteiger partial charge in [-0.15, -0.1) is 11.3 Å². The van der Waals surface area contributed by atoms with Gasteiger partial charge in [0.25, 0.3) is 0 Å². The predicted molar refractivity (Wildman–Crippen MR) is 123 cm³/mol. The number of fused-ring (bicyclic) bond motifs is 2. The number of nitrogens with zero attached hydrogens (tertiary/aromatic N) is 1. The number of benzene rings is 2. The van der Waals surface area contributed by atoms with Crippen LogP contribution in [0.2, 0.25) is 0 Å². The number of oxazole rings is 1. The van der Waals surface area contributed by atoms with Crippen LogP contribution < -0.4 is 11.1 Å². The third kappa shape index (κ3) is 3.80. The minimum Gasteiger partial charge on any atom is -0.408 e. The molecule has 6 nitrogen and oxygen atoms in total.